The van der Waals surface area contributed by atoms with Crippen molar-refractivity contribution in [3.05, 3.63) is 29.0 Å². The normalized spacial score (nSPS) is 35.4. The maximum absolute atomic E-state index is 11.8. The predicted molar refractivity (Wildman–Crippen MR) is 113 cm³/mol. The summed E-state index contributed by atoms with van der Waals surface area (Å²) in [6, 6.07) is 5.24. The molecule has 6 unspecified atom stereocenters. The maximum atomic E-state index is 11.8. The monoisotopic (exact) mass is 393 g/mol. The van der Waals surface area contributed by atoms with Crippen LogP contribution in [0.2, 0.25) is 0 Å². The largest absolute Gasteiger partial charge is 0.496 e. The van der Waals surface area contributed by atoms with E-state index in [1.54, 1.807) is 7.11 Å². The Morgan fingerprint density at radius 2 is 2.14 bits per heavy atom. The molecule has 1 amide bonds. The van der Waals surface area contributed by atoms with Crippen molar-refractivity contribution in [3.8, 4) is 5.75 Å². The van der Waals surface area contributed by atoms with Crippen LogP contribution in [0.25, 0.3) is 10.9 Å². The second-order valence-electron chi connectivity index (χ2n) is 9.66. The van der Waals surface area contributed by atoms with Gasteiger partial charge in [0.15, 0.2) is 0 Å². The quantitative estimate of drug-likeness (QED) is 0.832. The molecule has 5 nitrogen and oxygen atoms in total. The van der Waals surface area contributed by atoms with Gasteiger partial charge in [0.2, 0.25) is 5.91 Å². The van der Waals surface area contributed by atoms with Crippen LogP contribution in [-0.2, 0) is 11.2 Å². The van der Waals surface area contributed by atoms with Crippen molar-refractivity contribution in [1.82, 2.24) is 15.2 Å². The Kier molecular flexibility index (Phi) is 3.99. The third kappa shape index (κ3) is 2.59. The number of rotatable bonds is 3. The van der Waals surface area contributed by atoms with E-state index in [2.05, 4.69) is 34.3 Å². The van der Waals surface area contributed by atoms with Gasteiger partial charge in [0, 0.05) is 53.6 Å². The van der Waals surface area contributed by atoms with Crippen molar-refractivity contribution in [2.24, 2.45) is 11.8 Å². The molecule has 1 aromatic heterocycles. The van der Waals surface area contributed by atoms with Crippen LogP contribution in [0.1, 0.15) is 67.8 Å². The zero-order valence-electron chi connectivity index (χ0n) is 17.5. The third-order valence-corrected chi connectivity index (χ3v) is 8.24. The number of amides is 1. The van der Waals surface area contributed by atoms with E-state index >= 15 is 0 Å². The Hall–Kier alpha value is -2.01. The molecule has 0 spiro atoms. The molecule has 2 aromatic rings. The van der Waals surface area contributed by atoms with Crippen LogP contribution >= 0.6 is 0 Å². The van der Waals surface area contributed by atoms with Gasteiger partial charge in [0.1, 0.15) is 5.75 Å². The number of methoxy groups -OCH3 is 1. The molecule has 0 radical (unpaired) electrons. The standard InChI is InChI=1S/C24H31N3O2/c1-3-14-8-13-9-18-23-15(6-7-27(12-13)24(14)18)16-11-21(29-2)17(10-20(16)26-23)19-4-5-22(28)25-19/h10-11,13-14,18-19,24,26H,3-9,12H2,1-2H3,(H,25,28). The van der Waals surface area contributed by atoms with Crippen molar-refractivity contribution in [3.63, 3.8) is 0 Å². The molecular weight excluding hydrogens is 362 g/mol. The van der Waals surface area contributed by atoms with Gasteiger partial charge < -0.3 is 15.0 Å². The third-order valence-electron chi connectivity index (χ3n) is 8.24. The van der Waals surface area contributed by atoms with E-state index in [9.17, 15) is 4.79 Å². The molecular formula is C24H31N3O2. The number of nitrogens with zero attached hydrogens (tertiary/aromatic N) is 1. The molecule has 29 heavy (non-hydrogen) atoms. The fraction of sp³-hybridized carbons (Fsp3) is 0.625. The zero-order chi connectivity index (χ0) is 19.7. The molecule has 7 rings (SSSR count). The Morgan fingerprint density at radius 3 is 2.90 bits per heavy atom. The number of aromatic nitrogens is 1. The molecule has 4 bridgehead atoms. The molecule has 1 aromatic carbocycles. The average Bonchev–Trinajstić information content (AvgIpc) is 3.31. The van der Waals surface area contributed by atoms with Gasteiger partial charge in [-0.15, -0.1) is 0 Å². The minimum atomic E-state index is 0.0654. The van der Waals surface area contributed by atoms with E-state index in [1.807, 2.05) is 0 Å². The van der Waals surface area contributed by atoms with Crippen LogP contribution in [0.3, 0.4) is 0 Å². The molecule has 5 heterocycles. The number of nitrogens with one attached hydrogen (secondary N) is 2. The Balaban J connectivity index is 1.47. The van der Waals surface area contributed by atoms with E-state index in [1.165, 1.54) is 54.5 Å². The Morgan fingerprint density at radius 1 is 1.24 bits per heavy atom. The summed E-state index contributed by atoms with van der Waals surface area (Å²) in [7, 11) is 1.75. The number of carbonyl (C=O) groups is 1. The highest BCUT2D eigenvalue weighted by molar-refractivity contribution is 5.88. The summed E-state index contributed by atoms with van der Waals surface area (Å²) in [4.78, 5) is 18.4. The number of hydrogen-bond donors (Lipinski definition) is 2. The number of fused-ring (bicyclic) bond motifs is 4. The van der Waals surface area contributed by atoms with Gasteiger partial charge in [-0.2, -0.15) is 0 Å². The van der Waals surface area contributed by atoms with E-state index in [0.717, 1.165) is 36.0 Å². The first-order chi connectivity index (χ1) is 14.2. The molecule has 1 aliphatic carbocycles. The fourth-order valence-corrected chi connectivity index (χ4v) is 7.04. The molecule has 4 aliphatic heterocycles. The van der Waals surface area contributed by atoms with Crippen LogP contribution < -0.4 is 10.1 Å². The predicted octanol–water partition coefficient (Wildman–Crippen LogP) is 3.89. The van der Waals surface area contributed by atoms with Crippen molar-refractivity contribution >= 4 is 16.8 Å². The fourth-order valence-electron chi connectivity index (χ4n) is 7.04. The van der Waals surface area contributed by atoms with Gasteiger partial charge in [0.05, 0.1) is 13.2 Å². The first-order valence-electron chi connectivity index (χ1n) is 11.4. The van der Waals surface area contributed by atoms with Crippen molar-refractivity contribution < 1.29 is 9.53 Å². The van der Waals surface area contributed by atoms with Crippen LogP contribution in [0, 0.1) is 11.8 Å². The summed E-state index contributed by atoms with van der Waals surface area (Å²) in [5.41, 5.74) is 5.33. The summed E-state index contributed by atoms with van der Waals surface area (Å²) in [6.45, 7) is 4.85. The van der Waals surface area contributed by atoms with Gasteiger partial charge in [-0.05, 0) is 55.2 Å². The summed E-state index contributed by atoms with van der Waals surface area (Å²) in [5, 5.41) is 4.43. The highest BCUT2D eigenvalue weighted by Crippen LogP contribution is 2.51. The van der Waals surface area contributed by atoms with E-state index in [0.29, 0.717) is 18.4 Å². The highest BCUT2D eigenvalue weighted by Gasteiger charge is 2.48. The van der Waals surface area contributed by atoms with Crippen molar-refractivity contribution in [2.45, 2.75) is 63.5 Å². The average molecular weight is 394 g/mol. The molecule has 154 valence electrons. The number of piperidine rings is 2. The second-order valence-corrected chi connectivity index (χ2v) is 9.66. The number of hydrogen-bond acceptors (Lipinski definition) is 3. The molecule has 5 heteroatoms. The van der Waals surface area contributed by atoms with Crippen LogP contribution in [0.4, 0.5) is 0 Å². The van der Waals surface area contributed by atoms with Gasteiger partial charge in [-0.25, -0.2) is 0 Å². The number of H-pyrrole nitrogens is 1. The zero-order valence-corrected chi connectivity index (χ0v) is 17.5. The lowest BCUT2D eigenvalue weighted by molar-refractivity contribution is -0.119. The summed E-state index contributed by atoms with van der Waals surface area (Å²) < 4.78 is 5.79. The maximum Gasteiger partial charge on any atom is 0.220 e. The molecule has 6 atom stereocenters. The summed E-state index contributed by atoms with van der Waals surface area (Å²) in [6.07, 6.45) is 6.62. The van der Waals surface area contributed by atoms with Crippen molar-refractivity contribution in [2.75, 3.05) is 20.2 Å². The van der Waals surface area contributed by atoms with Gasteiger partial charge >= 0.3 is 0 Å². The number of benzene rings is 1. The van der Waals surface area contributed by atoms with Gasteiger partial charge in [0.25, 0.3) is 0 Å². The Labute approximate surface area is 172 Å². The topological polar surface area (TPSA) is 57.4 Å². The number of ether oxygens (including phenoxy) is 1. The SMILES string of the molecule is CCC1CC2CC3c4[nH]c5cc(C6CCC(=O)N6)c(OC)cc5c4CCN(C2)C13. The van der Waals surface area contributed by atoms with Gasteiger partial charge in [-0.1, -0.05) is 13.3 Å². The van der Waals surface area contributed by atoms with E-state index in [-0.39, 0.29) is 11.9 Å². The molecule has 3 saturated heterocycles. The van der Waals surface area contributed by atoms with Gasteiger partial charge in [-0.3, -0.25) is 9.69 Å². The first-order valence-corrected chi connectivity index (χ1v) is 11.4. The molecule has 2 N–H and O–H groups in total. The highest BCUT2D eigenvalue weighted by atomic mass is 16.5. The van der Waals surface area contributed by atoms with E-state index < -0.39 is 0 Å². The number of carbonyl (C=O) groups excluding carboxylic acids is 1. The molecule has 5 aliphatic rings. The summed E-state index contributed by atoms with van der Waals surface area (Å²) in [5.74, 6) is 3.38. The van der Waals surface area contributed by atoms with E-state index in [4.69, 9.17) is 4.74 Å². The minimum Gasteiger partial charge on any atom is -0.496 e. The molecule has 1 saturated carbocycles. The lowest BCUT2D eigenvalue weighted by atomic mass is 9.65. The van der Waals surface area contributed by atoms with Crippen LogP contribution in [0.5, 0.6) is 5.75 Å². The lowest BCUT2D eigenvalue weighted by Crippen LogP contribution is -2.56. The number of aromatic amines is 1. The lowest BCUT2D eigenvalue weighted by Gasteiger charge is -2.53. The van der Waals surface area contributed by atoms with Crippen molar-refractivity contribution in [1.29, 1.82) is 0 Å². The smallest absolute Gasteiger partial charge is 0.220 e. The second kappa shape index (κ2) is 6.49. The van der Waals surface area contributed by atoms with Crippen LogP contribution in [0.15, 0.2) is 12.1 Å². The molecule has 4 fully saturated rings. The van der Waals surface area contributed by atoms with Crippen LogP contribution in [-0.4, -0.2) is 42.0 Å². The minimum absolute atomic E-state index is 0.0654. The summed E-state index contributed by atoms with van der Waals surface area (Å²) >= 11 is 0. The Bertz CT molecular complexity index is 980. The first kappa shape index (κ1) is 17.8.